The lowest BCUT2D eigenvalue weighted by Gasteiger charge is -2.40. The molecule has 3 atom stereocenters. The summed E-state index contributed by atoms with van der Waals surface area (Å²) in [6.45, 7) is 4.06. The molecule has 2 saturated heterocycles. The number of hydrogen-bond acceptors (Lipinski definition) is 10. The van der Waals surface area contributed by atoms with Gasteiger partial charge in [0.05, 0.1) is 29.1 Å². The zero-order chi connectivity index (χ0) is 23.1. The maximum Gasteiger partial charge on any atom is 0.404 e. The molecular weight excluding hydrogens is 430 g/mol. The molecule has 5 N–H and O–H groups in total. The molecule has 2 fully saturated rings. The average Bonchev–Trinajstić information content (AvgIpc) is 2.85. The normalized spacial score (nSPS) is 27.3. The Morgan fingerprint density at radius 1 is 1.45 bits per heavy atom. The maximum atomic E-state index is 13.2. The lowest BCUT2D eigenvalue weighted by Crippen LogP contribution is -2.62. The van der Waals surface area contributed by atoms with Crippen molar-refractivity contribution in [3.05, 3.63) is 47.6 Å². The van der Waals surface area contributed by atoms with Gasteiger partial charge in [-0.2, -0.15) is 0 Å². The maximum absolute atomic E-state index is 13.2. The van der Waals surface area contributed by atoms with E-state index in [4.69, 9.17) is 11.5 Å². The highest BCUT2D eigenvalue weighted by Crippen LogP contribution is 2.49. The first-order valence-corrected chi connectivity index (χ1v) is 10.5. The number of nitrogens with two attached hydrogens (primary N) is 2. The smallest absolute Gasteiger partial charge is 0.404 e. The van der Waals surface area contributed by atoms with Gasteiger partial charge in [0.25, 0.3) is 5.91 Å². The van der Waals surface area contributed by atoms with E-state index in [2.05, 4.69) is 21.6 Å². The van der Waals surface area contributed by atoms with E-state index in [1.54, 1.807) is 12.1 Å². The van der Waals surface area contributed by atoms with E-state index in [9.17, 15) is 27.9 Å². The van der Waals surface area contributed by atoms with Crippen LogP contribution >= 0.6 is 0 Å². The van der Waals surface area contributed by atoms with Crippen LogP contribution in [0.25, 0.3) is 6.08 Å². The zero-order valence-electron chi connectivity index (χ0n) is 16.4. The largest absolute Gasteiger partial charge is 0.548 e. The number of hydrogen-bond donors (Lipinski definition) is 3. The second-order valence-electron chi connectivity index (χ2n) is 7.32. The summed E-state index contributed by atoms with van der Waals surface area (Å²) in [6, 6.07) is 1.43. The number of carbonyl (C=O) groups excluding carboxylic acids is 3. The number of carboxylic acid groups (broad SMARTS) is 1. The fourth-order valence-electron chi connectivity index (χ4n) is 3.65. The van der Waals surface area contributed by atoms with Crippen LogP contribution in [-0.2, 0) is 30.7 Å². The van der Waals surface area contributed by atoms with E-state index >= 15 is 0 Å². The quantitative estimate of drug-likeness (QED) is 0.296. The van der Waals surface area contributed by atoms with Crippen molar-refractivity contribution >= 4 is 33.9 Å². The molecule has 3 rings (SSSR count). The highest BCUT2D eigenvalue weighted by molar-refractivity contribution is 7.94. The number of nitrogens with one attached hydrogen (secondary N) is 1. The summed E-state index contributed by atoms with van der Waals surface area (Å²) in [5.41, 5.74) is 11.2. The summed E-state index contributed by atoms with van der Waals surface area (Å²) in [6.07, 6.45) is 1.45. The Bertz CT molecular complexity index is 1120. The third kappa shape index (κ3) is 3.56. The first-order chi connectivity index (χ1) is 14.4. The van der Waals surface area contributed by atoms with Crippen molar-refractivity contribution in [2.24, 2.45) is 11.5 Å². The first kappa shape index (κ1) is 22.1. The molecule has 0 spiro atoms. The molecule has 166 valence electrons. The van der Waals surface area contributed by atoms with Crippen LogP contribution < -0.4 is 21.9 Å². The van der Waals surface area contributed by atoms with Crippen molar-refractivity contribution in [2.75, 3.05) is 6.61 Å². The van der Waals surface area contributed by atoms with Crippen LogP contribution in [0, 0.1) is 0 Å². The van der Waals surface area contributed by atoms with Gasteiger partial charge in [0.2, 0.25) is 0 Å². The number of aromatic nitrogens is 1. The van der Waals surface area contributed by atoms with Crippen LogP contribution in [0.1, 0.15) is 18.2 Å². The summed E-state index contributed by atoms with van der Waals surface area (Å²) in [5, 5.41) is 13.0. The standard InChI is InChI=1S/C18H21N5O7S/c1-9(19)22-7-10-3-4-21-11(5-10)6-12-14(24)23-13(16(25)26)18(2,8-30-17(20)27)31(28,29)15(12)23/h3-6,13,15,22H,1,7-8,19H2,2H3,(H2,20,27)(H,25,26)/p-1/b12-6-/t13-,15+,18-/m0/s1. The second-order valence-corrected chi connectivity index (χ2v) is 9.79. The Kier molecular flexibility index (Phi) is 5.40. The number of pyridine rings is 1. The van der Waals surface area contributed by atoms with Crippen molar-refractivity contribution in [1.82, 2.24) is 15.2 Å². The molecule has 31 heavy (non-hydrogen) atoms. The van der Waals surface area contributed by atoms with E-state index in [-0.39, 0.29) is 17.1 Å². The molecule has 2 aliphatic rings. The molecule has 13 heteroatoms. The van der Waals surface area contributed by atoms with Crippen LogP contribution in [-0.4, -0.2) is 59.0 Å². The lowest BCUT2D eigenvalue weighted by atomic mass is 9.94. The van der Waals surface area contributed by atoms with Gasteiger partial charge in [-0.05, 0) is 30.7 Å². The highest BCUT2D eigenvalue weighted by Gasteiger charge is 2.70. The molecule has 12 nitrogen and oxygen atoms in total. The van der Waals surface area contributed by atoms with E-state index in [1.807, 2.05) is 0 Å². The number of carboxylic acids is 1. The van der Waals surface area contributed by atoms with Crippen molar-refractivity contribution < 1.29 is 32.6 Å². The minimum Gasteiger partial charge on any atom is -0.548 e. The monoisotopic (exact) mass is 450 g/mol. The second kappa shape index (κ2) is 7.58. The summed E-state index contributed by atoms with van der Waals surface area (Å²) in [5.74, 6) is -2.34. The summed E-state index contributed by atoms with van der Waals surface area (Å²) in [7, 11) is -4.34. The molecule has 0 radical (unpaired) electrons. The minimum atomic E-state index is -4.34. The van der Waals surface area contributed by atoms with E-state index in [1.165, 1.54) is 12.3 Å². The van der Waals surface area contributed by atoms with Crippen LogP contribution in [0.2, 0.25) is 0 Å². The average molecular weight is 450 g/mol. The number of β-lactam (4-membered cyclic amide) rings is 1. The third-order valence-corrected chi connectivity index (χ3v) is 7.90. The number of ether oxygens (including phenoxy) is 1. The van der Waals surface area contributed by atoms with Gasteiger partial charge in [0.1, 0.15) is 11.4 Å². The number of amides is 2. The first-order valence-electron chi connectivity index (χ1n) is 8.94. The molecule has 2 amide bonds. The predicted octanol–water partition coefficient (Wildman–Crippen LogP) is -2.45. The number of rotatable bonds is 7. The van der Waals surface area contributed by atoms with Crippen molar-refractivity contribution in [2.45, 2.75) is 29.6 Å². The number of sulfone groups is 1. The van der Waals surface area contributed by atoms with Gasteiger partial charge >= 0.3 is 6.09 Å². The molecule has 0 bridgehead atoms. The lowest BCUT2D eigenvalue weighted by molar-refractivity contribution is -0.312. The fraction of sp³-hybridized carbons (Fsp3) is 0.333. The SMILES string of the molecule is C=C(N)NCc1ccnc(/C=C2/C(=O)N3[C@@H](C(=O)[O-])[C@](C)(COC(N)=O)S(=O)(=O)[C@H]23)c1. The van der Waals surface area contributed by atoms with Gasteiger partial charge in [-0.3, -0.25) is 9.78 Å². The van der Waals surface area contributed by atoms with Gasteiger partial charge in [-0.25, -0.2) is 13.2 Å². The Balaban J connectivity index is 1.98. The Labute approximate surface area is 177 Å². The number of aliphatic carboxylic acids is 1. The number of nitrogens with zero attached hydrogens (tertiary/aromatic N) is 2. The Morgan fingerprint density at radius 2 is 2.13 bits per heavy atom. The number of fused-ring (bicyclic) bond motifs is 1. The predicted molar refractivity (Wildman–Crippen MR) is 105 cm³/mol. The fourth-order valence-corrected chi connectivity index (χ4v) is 5.92. The van der Waals surface area contributed by atoms with Crippen molar-refractivity contribution in [1.29, 1.82) is 0 Å². The number of carbonyl (C=O) groups is 3. The van der Waals surface area contributed by atoms with E-state index in [0.717, 1.165) is 12.5 Å². The van der Waals surface area contributed by atoms with Gasteiger partial charge in [0.15, 0.2) is 15.2 Å². The van der Waals surface area contributed by atoms with E-state index in [0.29, 0.717) is 11.4 Å². The molecule has 1 aromatic heterocycles. The van der Waals surface area contributed by atoms with Gasteiger partial charge in [0, 0.05) is 12.7 Å². The Hall–Kier alpha value is -3.61. The van der Waals surface area contributed by atoms with Gasteiger partial charge in [-0.15, -0.1) is 0 Å². The van der Waals surface area contributed by atoms with Crippen LogP contribution in [0.3, 0.4) is 0 Å². The highest BCUT2D eigenvalue weighted by atomic mass is 32.2. The summed E-state index contributed by atoms with van der Waals surface area (Å²) in [4.78, 5) is 40.2. The molecule has 3 heterocycles. The molecule has 0 saturated carbocycles. The molecule has 2 aliphatic heterocycles. The Morgan fingerprint density at radius 3 is 2.71 bits per heavy atom. The molecule has 1 aromatic rings. The number of primary amides is 1. The third-order valence-electron chi connectivity index (χ3n) is 5.19. The van der Waals surface area contributed by atoms with E-state index < -0.39 is 50.6 Å². The molecule has 0 aliphatic carbocycles. The molecular formula is C18H20N5O7S-. The van der Waals surface area contributed by atoms with Crippen LogP contribution in [0.5, 0.6) is 0 Å². The zero-order valence-corrected chi connectivity index (χ0v) is 17.2. The molecule has 0 aromatic carbocycles. The minimum absolute atomic E-state index is 0.158. The topological polar surface area (TPSA) is 198 Å². The molecule has 0 unspecified atom stereocenters. The van der Waals surface area contributed by atoms with Crippen molar-refractivity contribution in [3.8, 4) is 0 Å². The van der Waals surface area contributed by atoms with Crippen LogP contribution in [0.4, 0.5) is 4.79 Å². The van der Waals surface area contributed by atoms with Gasteiger partial charge < -0.3 is 36.3 Å². The van der Waals surface area contributed by atoms with Gasteiger partial charge in [-0.1, -0.05) is 6.58 Å². The summed E-state index contributed by atoms with van der Waals surface area (Å²) >= 11 is 0. The van der Waals surface area contributed by atoms with Crippen molar-refractivity contribution in [3.63, 3.8) is 0 Å². The van der Waals surface area contributed by atoms with Crippen LogP contribution in [0.15, 0.2) is 36.3 Å². The summed E-state index contributed by atoms with van der Waals surface area (Å²) < 4.78 is 28.8.